The molecule has 0 saturated carbocycles. The molecule has 0 bridgehead atoms. The molecule has 22 nitrogen and oxygen atoms in total. The standard InChI is InChI=1S/C61H81ClF2N10O12/c1-8-47(40-12-10-9-11-13-40)70-58(79)48-35-44(37-74(48)60(81)54(61(4,5)6)71-56(77)38(2)66-7)68-50(75)20-26-82-28-30-84-32-33-85-31-29-83-27-21-51(76)72-22-24-73(25-23-72)59(80)41-14-16-43(17-15-41)69-57(78)42-34-49(55(65)67-36-42)86-39(3)52-46(63)19-18-45(62)53(52)64/h9-19,34,36,38-39,44,47-48,54,66H,8,20-33,35,37H2,1-7H3,(H2,65,67)(H,68,75)(H,69,78)(H,70,79)(H,71,77)/t38-,39-,44-,47+,48-,54+/m1/s1. The van der Waals surface area contributed by atoms with Gasteiger partial charge in [-0.2, -0.15) is 0 Å². The zero-order valence-corrected chi connectivity index (χ0v) is 50.6. The summed E-state index contributed by atoms with van der Waals surface area (Å²) in [4.78, 5) is 103. The van der Waals surface area contributed by atoms with Crippen molar-refractivity contribution >= 4 is 64.5 Å². The van der Waals surface area contributed by atoms with Crippen molar-refractivity contribution < 1.29 is 66.0 Å². The molecule has 86 heavy (non-hydrogen) atoms. The van der Waals surface area contributed by atoms with Gasteiger partial charge in [0.2, 0.25) is 29.5 Å². The number of anilines is 2. The normalized spacial score (nSPS) is 16.6. The number of benzene rings is 3. The summed E-state index contributed by atoms with van der Waals surface area (Å²) in [6.07, 6.45) is 1.08. The number of pyridine rings is 1. The van der Waals surface area contributed by atoms with Crippen molar-refractivity contribution in [2.75, 3.05) is 104 Å². The van der Waals surface area contributed by atoms with Gasteiger partial charge in [-0.3, -0.25) is 33.6 Å². The molecular formula is C61H81ClF2N10O12. The van der Waals surface area contributed by atoms with Crippen LogP contribution in [0.3, 0.4) is 0 Å². The summed E-state index contributed by atoms with van der Waals surface area (Å²) in [6.45, 7) is 14.1. The van der Waals surface area contributed by atoms with Crippen molar-refractivity contribution in [2.24, 2.45) is 5.41 Å². The third kappa shape index (κ3) is 19.6. The molecule has 0 unspecified atom stereocenters. The number of nitrogens with one attached hydrogen (secondary N) is 5. The van der Waals surface area contributed by atoms with Gasteiger partial charge in [-0.15, -0.1) is 0 Å². The van der Waals surface area contributed by atoms with Crippen LogP contribution in [0.1, 0.15) is 111 Å². The summed E-state index contributed by atoms with van der Waals surface area (Å²) < 4.78 is 57.2. The number of carbonyl (C=O) groups excluding carboxylic acids is 7. The van der Waals surface area contributed by atoms with Crippen LogP contribution in [0.4, 0.5) is 20.3 Å². The first-order chi connectivity index (χ1) is 41.1. The highest BCUT2D eigenvalue weighted by Gasteiger charge is 2.46. The number of nitrogen functional groups attached to an aromatic ring is 1. The van der Waals surface area contributed by atoms with Crippen LogP contribution in [0.15, 0.2) is 79.0 Å². The molecule has 2 saturated heterocycles. The van der Waals surface area contributed by atoms with Crippen molar-refractivity contribution in [2.45, 2.75) is 104 Å². The molecule has 3 aromatic carbocycles. The maximum Gasteiger partial charge on any atom is 0.257 e. The maximum absolute atomic E-state index is 14.6. The van der Waals surface area contributed by atoms with Crippen LogP contribution < -0.4 is 37.1 Å². The number of halogens is 3. The number of piperazine rings is 1. The Morgan fingerprint density at radius 3 is 1.99 bits per heavy atom. The zero-order valence-electron chi connectivity index (χ0n) is 49.9. The lowest BCUT2D eigenvalue weighted by molar-refractivity contribution is -0.144. The van der Waals surface area contributed by atoms with E-state index in [0.29, 0.717) is 63.7 Å². The van der Waals surface area contributed by atoms with Crippen molar-refractivity contribution in [3.05, 3.63) is 118 Å². The number of aromatic nitrogens is 1. The van der Waals surface area contributed by atoms with Gasteiger partial charge in [-0.1, -0.05) is 69.6 Å². The Kier molecular flexibility index (Phi) is 26.0. The quantitative estimate of drug-likeness (QED) is 0.0274. The molecule has 6 rings (SSSR count). The predicted octanol–water partition coefficient (Wildman–Crippen LogP) is 5.61. The minimum atomic E-state index is -1.17. The van der Waals surface area contributed by atoms with Gasteiger partial charge < -0.3 is 70.7 Å². The van der Waals surface area contributed by atoms with Crippen LogP contribution in [-0.4, -0.2) is 178 Å². The SMILES string of the molecule is CC[C@H](NC(=O)[C@H]1C[C@@H](NC(=O)CCOCCOCCOCCOCCC(=O)N2CCN(C(=O)c3ccc(NC(=O)c4cnc(N)c(O[C@H](C)c5c(F)ccc(Cl)c5F)c4)cc3)CC2)CN1C(=O)[C@H](NC(=O)[C@@H](C)NC)C(C)(C)C)c1ccccc1. The van der Waals surface area contributed by atoms with Gasteiger partial charge in [-0.05, 0) is 87.2 Å². The molecule has 7 amide bonds. The Balaban J connectivity index is 0.807. The number of amides is 7. The van der Waals surface area contributed by atoms with Gasteiger partial charge >= 0.3 is 0 Å². The van der Waals surface area contributed by atoms with E-state index in [2.05, 4.69) is 31.6 Å². The summed E-state index contributed by atoms with van der Waals surface area (Å²) in [5.74, 6) is -4.32. The minimum Gasteiger partial charge on any atom is -0.482 e. The molecule has 0 spiro atoms. The molecule has 6 atom stereocenters. The molecule has 4 aromatic rings. The number of rotatable bonds is 30. The Hall–Kier alpha value is -7.35. The molecule has 0 aliphatic carbocycles. The molecule has 0 radical (unpaired) electrons. The first-order valence-electron chi connectivity index (χ1n) is 28.9. The van der Waals surface area contributed by atoms with Crippen LogP contribution >= 0.6 is 11.6 Å². The van der Waals surface area contributed by atoms with Crippen molar-refractivity contribution in [3.8, 4) is 5.75 Å². The molecule has 25 heteroatoms. The van der Waals surface area contributed by atoms with E-state index in [1.54, 1.807) is 48.0 Å². The number of ether oxygens (including phenoxy) is 5. The summed E-state index contributed by atoms with van der Waals surface area (Å²) in [5, 5.41) is 14.3. The molecule has 2 aliphatic rings. The average molecular weight is 1220 g/mol. The number of carbonyl (C=O) groups is 7. The van der Waals surface area contributed by atoms with Gasteiger partial charge in [0, 0.05) is 62.6 Å². The van der Waals surface area contributed by atoms with E-state index in [-0.39, 0.29) is 117 Å². The highest BCUT2D eigenvalue weighted by molar-refractivity contribution is 6.30. The summed E-state index contributed by atoms with van der Waals surface area (Å²) in [6, 6.07) is 16.1. The van der Waals surface area contributed by atoms with Crippen molar-refractivity contribution in [1.82, 2.24) is 41.0 Å². The van der Waals surface area contributed by atoms with Gasteiger partial charge in [0.15, 0.2) is 17.4 Å². The molecule has 7 N–H and O–H groups in total. The Morgan fingerprint density at radius 1 is 0.779 bits per heavy atom. The lowest BCUT2D eigenvalue weighted by Gasteiger charge is -2.36. The van der Waals surface area contributed by atoms with Crippen LogP contribution in [0.25, 0.3) is 0 Å². The lowest BCUT2D eigenvalue weighted by Crippen LogP contribution is -2.59. The fraction of sp³-hybridized carbons (Fsp3) is 0.508. The highest BCUT2D eigenvalue weighted by atomic mass is 35.5. The van der Waals surface area contributed by atoms with Crippen LogP contribution in [-0.2, 0) is 42.9 Å². The number of likely N-dealkylation sites (tertiary alicyclic amines) is 1. The topological polar surface area (TPSA) is 274 Å². The second-order valence-electron chi connectivity index (χ2n) is 22.0. The van der Waals surface area contributed by atoms with E-state index < -0.39 is 64.7 Å². The Labute approximate surface area is 505 Å². The van der Waals surface area contributed by atoms with Gasteiger partial charge in [-0.25, -0.2) is 13.8 Å². The molecule has 468 valence electrons. The Bertz CT molecular complexity index is 2930. The van der Waals surface area contributed by atoms with Crippen molar-refractivity contribution in [1.29, 1.82) is 0 Å². The largest absolute Gasteiger partial charge is 0.482 e. The molecule has 1 aromatic heterocycles. The molecule has 2 aliphatic heterocycles. The third-order valence-corrected chi connectivity index (χ3v) is 15.0. The van der Waals surface area contributed by atoms with Gasteiger partial charge in [0.05, 0.1) is 87.5 Å². The third-order valence-electron chi connectivity index (χ3n) is 14.7. The maximum atomic E-state index is 14.6. The van der Waals surface area contributed by atoms with Crippen LogP contribution in [0, 0.1) is 17.0 Å². The van der Waals surface area contributed by atoms with E-state index in [1.807, 2.05) is 58.0 Å². The molecule has 3 heterocycles. The van der Waals surface area contributed by atoms with Crippen LogP contribution in [0.5, 0.6) is 5.75 Å². The summed E-state index contributed by atoms with van der Waals surface area (Å²) in [5.41, 5.74) is 6.59. The highest BCUT2D eigenvalue weighted by Crippen LogP contribution is 2.33. The number of hydrogen-bond donors (Lipinski definition) is 6. The van der Waals surface area contributed by atoms with E-state index in [0.717, 1.165) is 17.7 Å². The molecule has 2 fully saturated rings. The van der Waals surface area contributed by atoms with E-state index in [4.69, 9.17) is 41.0 Å². The molecular weight excluding hydrogens is 1140 g/mol. The summed E-state index contributed by atoms with van der Waals surface area (Å²) >= 11 is 5.83. The first kappa shape index (κ1) is 67.8. The van der Waals surface area contributed by atoms with E-state index >= 15 is 0 Å². The monoisotopic (exact) mass is 1220 g/mol. The second kappa shape index (κ2) is 33.0. The Morgan fingerprint density at radius 2 is 1.38 bits per heavy atom. The number of nitrogens with two attached hydrogens (primary N) is 1. The van der Waals surface area contributed by atoms with Gasteiger partial charge in [0.25, 0.3) is 11.8 Å². The van der Waals surface area contributed by atoms with Gasteiger partial charge in [0.1, 0.15) is 24.0 Å². The fourth-order valence-electron chi connectivity index (χ4n) is 9.64. The number of nitrogens with zero attached hydrogens (tertiary/aromatic N) is 4. The minimum absolute atomic E-state index is 0.0478. The van der Waals surface area contributed by atoms with E-state index in [1.165, 1.54) is 24.1 Å². The zero-order chi connectivity index (χ0) is 62.5. The fourth-order valence-corrected chi connectivity index (χ4v) is 9.81. The smallest absolute Gasteiger partial charge is 0.257 e. The number of likely N-dealkylation sites (N-methyl/N-ethyl adjacent to an activating group) is 1. The van der Waals surface area contributed by atoms with Crippen LogP contribution in [0.2, 0.25) is 5.02 Å². The van der Waals surface area contributed by atoms with Crippen molar-refractivity contribution in [3.63, 3.8) is 0 Å². The second-order valence-corrected chi connectivity index (χ2v) is 22.4. The van der Waals surface area contributed by atoms with E-state index in [9.17, 15) is 42.3 Å². The summed E-state index contributed by atoms with van der Waals surface area (Å²) in [7, 11) is 1.65. The average Bonchev–Trinajstić information content (AvgIpc) is 4.12. The predicted molar refractivity (Wildman–Crippen MR) is 318 cm³/mol. The lowest BCUT2D eigenvalue weighted by atomic mass is 9.85. The number of hydrogen-bond acceptors (Lipinski definition) is 15. The first-order valence-corrected chi connectivity index (χ1v) is 29.3.